The van der Waals surface area contributed by atoms with E-state index in [1.54, 1.807) is 35.2 Å². The van der Waals surface area contributed by atoms with Crippen molar-refractivity contribution in [1.29, 1.82) is 0 Å². The van der Waals surface area contributed by atoms with Crippen LogP contribution in [0.4, 0.5) is 14.9 Å². The molecule has 2 aromatic carbocycles. The highest BCUT2D eigenvalue weighted by Gasteiger charge is 2.23. The van der Waals surface area contributed by atoms with Gasteiger partial charge in [0.2, 0.25) is 0 Å². The molecule has 2 heterocycles. The van der Waals surface area contributed by atoms with E-state index in [-0.39, 0.29) is 29.6 Å². The van der Waals surface area contributed by atoms with Gasteiger partial charge in [-0.25, -0.2) is 9.18 Å². The van der Waals surface area contributed by atoms with Crippen molar-refractivity contribution in [2.75, 3.05) is 18.4 Å². The maximum Gasteiger partial charge on any atom is 0.317 e. The van der Waals surface area contributed by atoms with Crippen LogP contribution >= 0.6 is 0 Å². The number of hydrogen-bond acceptors (Lipinski definition) is 4. The summed E-state index contributed by atoms with van der Waals surface area (Å²) in [6.07, 6.45) is 2.86. The first-order valence-corrected chi connectivity index (χ1v) is 10.5. The van der Waals surface area contributed by atoms with Gasteiger partial charge in [0.15, 0.2) is 5.76 Å². The zero-order valence-electron chi connectivity index (χ0n) is 17.4. The molecule has 0 atom stereocenters. The van der Waals surface area contributed by atoms with Crippen LogP contribution < -0.4 is 15.4 Å². The number of benzene rings is 2. The third kappa shape index (κ3) is 5.66. The molecular formula is C24H24FN3O4. The van der Waals surface area contributed by atoms with Gasteiger partial charge in [-0.3, -0.25) is 4.79 Å². The molecule has 0 unspecified atom stereocenters. The number of likely N-dealkylation sites (tertiary alicyclic amines) is 1. The minimum Gasteiger partial charge on any atom is -0.490 e. The fraction of sp³-hybridized carbons (Fsp3) is 0.250. The maximum atomic E-state index is 13.0. The van der Waals surface area contributed by atoms with E-state index in [9.17, 15) is 14.0 Å². The Morgan fingerprint density at radius 3 is 2.56 bits per heavy atom. The number of piperidine rings is 1. The van der Waals surface area contributed by atoms with Gasteiger partial charge >= 0.3 is 6.03 Å². The van der Waals surface area contributed by atoms with Gasteiger partial charge in [0.1, 0.15) is 17.7 Å². The molecule has 1 aliphatic rings. The van der Waals surface area contributed by atoms with Crippen molar-refractivity contribution in [1.82, 2.24) is 10.2 Å². The summed E-state index contributed by atoms with van der Waals surface area (Å²) in [5, 5.41) is 5.69. The average molecular weight is 437 g/mol. The average Bonchev–Trinajstić information content (AvgIpc) is 3.35. The van der Waals surface area contributed by atoms with Crippen LogP contribution in [-0.4, -0.2) is 36.0 Å². The number of furan rings is 1. The lowest BCUT2D eigenvalue weighted by molar-refractivity contribution is 0.0996. The Kier molecular flexibility index (Phi) is 6.69. The Morgan fingerprint density at radius 1 is 1.06 bits per heavy atom. The molecule has 3 aromatic rings. The molecule has 1 aliphatic heterocycles. The molecule has 0 saturated carbocycles. The number of halogens is 1. The monoisotopic (exact) mass is 437 g/mol. The van der Waals surface area contributed by atoms with Crippen LogP contribution in [0.5, 0.6) is 5.75 Å². The predicted molar refractivity (Wildman–Crippen MR) is 117 cm³/mol. The van der Waals surface area contributed by atoms with Gasteiger partial charge in [-0.05, 0) is 54.1 Å². The van der Waals surface area contributed by atoms with Crippen molar-refractivity contribution in [3.8, 4) is 5.75 Å². The van der Waals surface area contributed by atoms with Crippen LogP contribution in [0.2, 0.25) is 0 Å². The summed E-state index contributed by atoms with van der Waals surface area (Å²) in [5.41, 5.74) is 1.49. The maximum absolute atomic E-state index is 13.0. The summed E-state index contributed by atoms with van der Waals surface area (Å²) < 4.78 is 24.0. The van der Waals surface area contributed by atoms with Crippen LogP contribution in [0.3, 0.4) is 0 Å². The lowest BCUT2D eigenvalue weighted by atomic mass is 10.1. The van der Waals surface area contributed by atoms with Crippen molar-refractivity contribution < 1.29 is 23.1 Å². The number of nitrogens with one attached hydrogen (secondary N) is 2. The molecule has 0 radical (unpaired) electrons. The third-order valence-electron chi connectivity index (χ3n) is 5.22. The quantitative estimate of drug-likeness (QED) is 0.598. The highest BCUT2D eigenvalue weighted by atomic mass is 19.1. The molecule has 0 bridgehead atoms. The number of hydrogen-bond donors (Lipinski definition) is 2. The number of carbonyl (C=O) groups is 2. The third-order valence-corrected chi connectivity index (χ3v) is 5.22. The molecule has 1 aromatic heterocycles. The lowest BCUT2D eigenvalue weighted by Crippen LogP contribution is -2.46. The Balaban J connectivity index is 1.23. The smallest absolute Gasteiger partial charge is 0.317 e. The standard InChI is InChI=1S/C24H24FN3O4/c25-18-6-8-20(9-7-18)32-21-10-12-28(13-11-21)24(30)26-16-17-3-1-4-19(15-17)27-23(29)22-5-2-14-31-22/h1-9,14-15,21H,10-13,16H2,(H,26,30)(H,27,29). The van der Waals surface area contributed by atoms with Crippen molar-refractivity contribution >= 4 is 17.6 Å². The van der Waals surface area contributed by atoms with Gasteiger partial charge in [-0.15, -0.1) is 0 Å². The summed E-state index contributed by atoms with van der Waals surface area (Å²) in [4.78, 5) is 26.4. The molecule has 2 N–H and O–H groups in total. The normalized spacial score (nSPS) is 14.1. The second-order valence-electron chi connectivity index (χ2n) is 7.55. The summed E-state index contributed by atoms with van der Waals surface area (Å²) in [6, 6.07) is 16.3. The molecule has 0 spiro atoms. The van der Waals surface area contributed by atoms with E-state index in [1.807, 2.05) is 18.2 Å². The van der Waals surface area contributed by atoms with Gasteiger partial charge in [0.25, 0.3) is 5.91 Å². The molecule has 1 saturated heterocycles. The number of ether oxygens (including phenoxy) is 1. The molecule has 166 valence electrons. The molecule has 8 heteroatoms. The Labute approximate surface area is 185 Å². The van der Waals surface area contributed by atoms with E-state index in [0.717, 1.165) is 5.56 Å². The number of anilines is 1. The van der Waals surface area contributed by atoms with Crippen LogP contribution in [0.25, 0.3) is 0 Å². The summed E-state index contributed by atoms with van der Waals surface area (Å²) in [6.45, 7) is 1.50. The second-order valence-corrected chi connectivity index (χ2v) is 7.55. The highest BCUT2D eigenvalue weighted by molar-refractivity contribution is 6.02. The molecule has 0 aliphatic carbocycles. The Hall–Kier alpha value is -3.81. The van der Waals surface area contributed by atoms with E-state index >= 15 is 0 Å². The zero-order chi connectivity index (χ0) is 22.3. The topological polar surface area (TPSA) is 83.8 Å². The van der Waals surface area contributed by atoms with Crippen molar-refractivity contribution in [3.63, 3.8) is 0 Å². The number of amides is 3. The number of carbonyl (C=O) groups excluding carboxylic acids is 2. The second kappa shape index (κ2) is 10.00. The van der Waals surface area contributed by atoms with E-state index < -0.39 is 0 Å². The van der Waals surface area contributed by atoms with E-state index in [4.69, 9.17) is 9.15 Å². The van der Waals surface area contributed by atoms with Gasteiger partial charge in [-0.1, -0.05) is 12.1 Å². The molecule has 3 amide bonds. The predicted octanol–water partition coefficient (Wildman–Crippen LogP) is 4.42. The Morgan fingerprint density at radius 2 is 1.84 bits per heavy atom. The lowest BCUT2D eigenvalue weighted by Gasteiger charge is -2.32. The first kappa shape index (κ1) is 21.4. The number of rotatable bonds is 6. The van der Waals surface area contributed by atoms with E-state index in [0.29, 0.717) is 43.9 Å². The van der Waals surface area contributed by atoms with Gasteiger partial charge in [0, 0.05) is 38.2 Å². The fourth-order valence-corrected chi connectivity index (χ4v) is 3.53. The molecule has 32 heavy (non-hydrogen) atoms. The molecule has 4 rings (SSSR count). The Bertz CT molecular complexity index is 1050. The van der Waals surface area contributed by atoms with E-state index in [2.05, 4.69) is 10.6 Å². The van der Waals surface area contributed by atoms with Gasteiger partial charge < -0.3 is 24.7 Å². The van der Waals surface area contributed by atoms with Gasteiger partial charge in [-0.2, -0.15) is 0 Å². The van der Waals surface area contributed by atoms with Gasteiger partial charge in [0.05, 0.1) is 6.26 Å². The minimum absolute atomic E-state index is 0.000957. The summed E-state index contributed by atoms with van der Waals surface area (Å²) in [5.74, 6) is 0.236. The van der Waals surface area contributed by atoms with Crippen LogP contribution in [0.15, 0.2) is 71.3 Å². The molecular weight excluding hydrogens is 413 g/mol. The molecule has 7 nitrogen and oxygen atoms in total. The highest BCUT2D eigenvalue weighted by Crippen LogP contribution is 2.19. The minimum atomic E-state index is -0.332. The van der Waals surface area contributed by atoms with Crippen LogP contribution in [-0.2, 0) is 6.54 Å². The summed E-state index contributed by atoms with van der Waals surface area (Å²) in [7, 11) is 0. The first-order chi connectivity index (χ1) is 15.6. The SMILES string of the molecule is O=C(Nc1cccc(CNC(=O)N2CCC(Oc3ccc(F)cc3)CC2)c1)c1ccco1. The number of nitrogens with zero attached hydrogens (tertiary/aromatic N) is 1. The van der Waals surface area contributed by atoms with Crippen molar-refractivity contribution in [2.45, 2.75) is 25.5 Å². The van der Waals surface area contributed by atoms with Crippen LogP contribution in [0, 0.1) is 5.82 Å². The van der Waals surface area contributed by atoms with Crippen molar-refractivity contribution in [2.24, 2.45) is 0 Å². The van der Waals surface area contributed by atoms with Crippen LogP contribution in [0.1, 0.15) is 29.0 Å². The largest absolute Gasteiger partial charge is 0.490 e. The number of urea groups is 1. The fourth-order valence-electron chi connectivity index (χ4n) is 3.53. The summed E-state index contributed by atoms with van der Waals surface area (Å²) >= 11 is 0. The molecule has 1 fully saturated rings. The first-order valence-electron chi connectivity index (χ1n) is 10.5. The van der Waals surface area contributed by atoms with Crippen molar-refractivity contribution in [3.05, 3.63) is 84.1 Å². The zero-order valence-corrected chi connectivity index (χ0v) is 17.4. The van der Waals surface area contributed by atoms with E-state index in [1.165, 1.54) is 18.4 Å².